The van der Waals surface area contributed by atoms with Gasteiger partial charge in [-0.05, 0) is 105 Å². The summed E-state index contributed by atoms with van der Waals surface area (Å²) in [4.78, 5) is 2.16. The first-order chi connectivity index (χ1) is 25.2. The summed E-state index contributed by atoms with van der Waals surface area (Å²) in [5.41, 5.74) is 12.4. The molecule has 0 fully saturated rings. The van der Waals surface area contributed by atoms with Crippen LogP contribution in [-0.4, -0.2) is 0 Å². The van der Waals surface area contributed by atoms with E-state index in [0.717, 1.165) is 33.8 Å². The molecule has 0 aliphatic heterocycles. The minimum atomic E-state index is -0.253. The predicted octanol–water partition coefficient (Wildman–Crippen LogP) is 14.3. The summed E-state index contributed by atoms with van der Waals surface area (Å²) in [5, 5.41) is 2.63. The molecule has 1 aromatic heterocycles. The highest BCUT2D eigenvalue weighted by Crippen LogP contribution is 2.41. The number of hydrogen-bond donors (Lipinski definition) is 0. The third kappa shape index (κ3) is 5.99. The van der Waals surface area contributed by atoms with E-state index in [4.69, 9.17) is 0 Å². The van der Waals surface area contributed by atoms with Crippen molar-refractivity contribution in [2.24, 2.45) is 0 Å². The zero-order chi connectivity index (χ0) is 34.1. The first kappa shape index (κ1) is 30.7. The fourth-order valence-corrected chi connectivity index (χ4v) is 8.21. The molecular formula is C48H32FNS. The second-order valence-corrected chi connectivity index (χ2v) is 13.8. The van der Waals surface area contributed by atoms with E-state index in [0.29, 0.717) is 0 Å². The second kappa shape index (κ2) is 13.2. The van der Waals surface area contributed by atoms with E-state index in [1.807, 2.05) is 29.5 Å². The highest BCUT2D eigenvalue weighted by molar-refractivity contribution is 7.26. The van der Waals surface area contributed by atoms with Crippen molar-refractivity contribution in [2.45, 2.75) is 0 Å². The average molecular weight is 674 g/mol. The quantitative estimate of drug-likeness (QED) is 0.163. The molecule has 1 heterocycles. The van der Waals surface area contributed by atoms with Crippen molar-refractivity contribution < 1.29 is 4.39 Å². The molecule has 8 aromatic carbocycles. The molecule has 0 aliphatic rings. The van der Waals surface area contributed by atoms with Crippen LogP contribution in [0.5, 0.6) is 0 Å². The van der Waals surface area contributed by atoms with E-state index < -0.39 is 0 Å². The molecular weight excluding hydrogens is 642 g/mol. The Bertz CT molecular complexity index is 2610. The highest BCUT2D eigenvalue weighted by Gasteiger charge is 2.14. The van der Waals surface area contributed by atoms with Gasteiger partial charge in [0.1, 0.15) is 5.82 Å². The van der Waals surface area contributed by atoms with Crippen LogP contribution >= 0.6 is 11.3 Å². The van der Waals surface area contributed by atoms with Gasteiger partial charge in [-0.2, -0.15) is 0 Å². The van der Waals surface area contributed by atoms with Crippen LogP contribution in [0.3, 0.4) is 0 Å². The number of anilines is 3. The third-order valence-electron chi connectivity index (χ3n) is 9.57. The standard InChI is InChI=1S/C48H32FNS/c49-40-24-30-43(31-25-40)50(41-26-20-35(21-27-41)33-8-2-1-3-9-33)42-28-22-36(23-29-42)34-16-18-37(19-17-34)38-10-6-11-39(32-38)44-13-7-14-46-45-12-4-5-15-47(45)51-48(44)46/h1-32H. The molecule has 51 heavy (non-hydrogen) atoms. The maximum atomic E-state index is 13.9. The van der Waals surface area contributed by atoms with Crippen LogP contribution in [0.1, 0.15) is 0 Å². The van der Waals surface area contributed by atoms with Crippen LogP contribution in [0.15, 0.2) is 194 Å². The van der Waals surface area contributed by atoms with Crippen molar-refractivity contribution in [3.8, 4) is 44.5 Å². The van der Waals surface area contributed by atoms with Crippen molar-refractivity contribution in [2.75, 3.05) is 4.90 Å². The zero-order valence-electron chi connectivity index (χ0n) is 27.7. The molecule has 0 radical (unpaired) electrons. The molecule has 0 saturated heterocycles. The Morgan fingerprint density at radius 2 is 0.804 bits per heavy atom. The molecule has 0 unspecified atom stereocenters. The number of rotatable bonds is 7. The van der Waals surface area contributed by atoms with E-state index >= 15 is 0 Å². The molecule has 9 aromatic rings. The van der Waals surface area contributed by atoms with E-state index in [-0.39, 0.29) is 5.82 Å². The van der Waals surface area contributed by atoms with Crippen molar-refractivity contribution in [1.82, 2.24) is 0 Å². The van der Waals surface area contributed by atoms with Gasteiger partial charge in [0.15, 0.2) is 0 Å². The summed E-state index contributed by atoms with van der Waals surface area (Å²) in [5.74, 6) is -0.253. The number of hydrogen-bond acceptors (Lipinski definition) is 2. The normalized spacial score (nSPS) is 11.2. The van der Waals surface area contributed by atoms with Crippen LogP contribution < -0.4 is 4.90 Å². The van der Waals surface area contributed by atoms with Crippen molar-refractivity contribution in [1.29, 1.82) is 0 Å². The minimum absolute atomic E-state index is 0.253. The summed E-state index contributed by atoms with van der Waals surface area (Å²) in [7, 11) is 0. The van der Waals surface area contributed by atoms with Gasteiger partial charge >= 0.3 is 0 Å². The maximum absolute atomic E-state index is 13.9. The Balaban J connectivity index is 0.996. The summed E-state index contributed by atoms with van der Waals surface area (Å²) >= 11 is 1.87. The maximum Gasteiger partial charge on any atom is 0.123 e. The SMILES string of the molecule is Fc1ccc(N(c2ccc(-c3ccccc3)cc2)c2ccc(-c3ccc(-c4cccc(-c5cccc6c5sc5ccccc56)c4)cc3)cc2)cc1. The van der Waals surface area contributed by atoms with Gasteiger partial charge < -0.3 is 4.90 Å². The largest absolute Gasteiger partial charge is 0.311 e. The molecule has 0 N–H and O–H groups in total. The van der Waals surface area contributed by atoms with Crippen LogP contribution in [-0.2, 0) is 0 Å². The summed E-state index contributed by atoms with van der Waals surface area (Å²) < 4.78 is 16.6. The molecule has 1 nitrogen and oxygen atoms in total. The van der Waals surface area contributed by atoms with Crippen LogP contribution in [0, 0.1) is 5.82 Å². The predicted molar refractivity (Wildman–Crippen MR) is 216 cm³/mol. The number of thiophene rings is 1. The molecule has 0 amide bonds. The number of halogens is 1. The average Bonchev–Trinajstić information content (AvgIpc) is 3.59. The Morgan fingerprint density at radius 3 is 1.45 bits per heavy atom. The molecule has 0 atom stereocenters. The Kier molecular flexibility index (Phi) is 7.96. The molecule has 0 spiro atoms. The molecule has 242 valence electrons. The first-order valence-corrected chi connectivity index (χ1v) is 17.9. The van der Waals surface area contributed by atoms with Gasteiger partial charge in [-0.1, -0.05) is 133 Å². The van der Waals surface area contributed by atoms with Gasteiger partial charge in [-0.15, -0.1) is 11.3 Å². The Hall–Kier alpha value is -6.29. The van der Waals surface area contributed by atoms with Crippen LogP contribution in [0.2, 0.25) is 0 Å². The van der Waals surface area contributed by atoms with Crippen molar-refractivity contribution >= 4 is 48.6 Å². The molecule has 0 aliphatic carbocycles. The van der Waals surface area contributed by atoms with Crippen molar-refractivity contribution in [3.05, 3.63) is 200 Å². The zero-order valence-corrected chi connectivity index (χ0v) is 28.5. The summed E-state index contributed by atoms with van der Waals surface area (Å²) in [6, 6.07) is 67.1. The summed E-state index contributed by atoms with van der Waals surface area (Å²) in [6.45, 7) is 0. The van der Waals surface area contributed by atoms with E-state index in [1.54, 1.807) is 0 Å². The van der Waals surface area contributed by atoms with Gasteiger partial charge in [0, 0.05) is 37.2 Å². The van der Waals surface area contributed by atoms with Gasteiger partial charge in [0.25, 0.3) is 0 Å². The molecule has 9 rings (SSSR count). The lowest BCUT2D eigenvalue weighted by Gasteiger charge is -2.26. The second-order valence-electron chi connectivity index (χ2n) is 12.7. The number of benzene rings is 8. The topological polar surface area (TPSA) is 3.24 Å². The van der Waals surface area contributed by atoms with Gasteiger partial charge in [0.2, 0.25) is 0 Å². The fourth-order valence-electron chi connectivity index (χ4n) is 6.97. The fraction of sp³-hybridized carbons (Fsp3) is 0. The summed E-state index contributed by atoms with van der Waals surface area (Å²) in [6.07, 6.45) is 0. The lowest BCUT2D eigenvalue weighted by atomic mass is 9.96. The highest BCUT2D eigenvalue weighted by atomic mass is 32.1. The smallest absolute Gasteiger partial charge is 0.123 e. The van der Waals surface area contributed by atoms with E-state index in [1.165, 1.54) is 60.1 Å². The lowest BCUT2D eigenvalue weighted by molar-refractivity contribution is 0.628. The van der Waals surface area contributed by atoms with Gasteiger partial charge in [0.05, 0.1) is 0 Å². The monoisotopic (exact) mass is 673 g/mol. The van der Waals surface area contributed by atoms with Crippen LogP contribution in [0.25, 0.3) is 64.7 Å². The first-order valence-electron chi connectivity index (χ1n) is 17.1. The lowest BCUT2D eigenvalue weighted by Crippen LogP contribution is -2.09. The van der Waals surface area contributed by atoms with Crippen LogP contribution in [0.4, 0.5) is 21.5 Å². The minimum Gasteiger partial charge on any atom is -0.311 e. The molecule has 3 heteroatoms. The third-order valence-corrected chi connectivity index (χ3v) is 10.8. The van der Waals surface area contributed by atoms with Gasteiger partial charge in [-0.25, -0.2) is 4.39 Å². The number of nitrogens with zero attached hydrogens (tertiary/aromatic N) is 1. The van der Waals surface area contributed by atoms with E-state index in [9.17, 15) is 4.39 Å². The van der Waals surface area contributed by atoms with Crippen molar-refractivity contribution in [3.63, 3.8) is 0 Å². The van der Waals surface area contributed by atoms with Gasteiger partial charge in [-0.3, -0.25) is 0 Å². The molecule has 0 saturated carbocycles. The molecule has 0 bridgehead atoms. The number of fused-ring (bicyclic) bond motifs is 3. The van der Waals surface area contributed by atoms with E-state index in [2.05, 4.69) is 169 Å². The Morgan fingerprint density at radius 1 is 0.353 bits per heavy atom. The Labute approximate surface area is 301 Å².